The highest BCUT2D eigenvalue weighted by atomic mass is 31.2. The predicted octanol–water partition coefficient (Wildman–Crippen LogP) is 12.7. The molecule has 2 unspecified atom stereocenters. The van der Waals surface area contributed by atoms with Crippen molar-refractivity contribution in [2.24, 2.45) is 0 Å². The van der Waals surface area contributed by atoms with E-state index in [0.717, 1.165) is 83.5 Å². The molecule has 1 amide bonds. The molecule has 0 radical (unpaired) electrons. The van der Waals surface area contributed by atoms with E-state index in [0.29, 0.717) is 6.42 Å². The number of carbonyl (C=O) groups is 2. The lowest BCUT2D eigenvalue weighted by Gasteiger charge is -2.15. The molecule has 0 saturated carbocycles. The fourth-order valence-electron chi connectivity index (χ4n) is 5.69. The highest BCUT2D eigenvalue weighted by Gasteiger charge is 2.23. The molecule has 10 heteroatoms. The van der Waals surface area contributed by atoms with Crippen LogP contribution in [0.15, 0.2) is 72.9 Å². The summed E-state index contributed by atoms with van der Waals surface area (Å²) in [6.07, 6.45) is 52.5. The van der Waals surface area contributed by atoms with Crippen molar-refractivity contribution in [3.05, 3.63) is 72.9 Å². The van der Waals surface area contributed by atoms with E-state index in [4.69, 9.17) is 13.8 Å². The van der Waals surface area contributed by atoms with Crippen molar-refractivity contribution in [3.63, 3.8) is 0 Å². The molecule has 57 heavy (non-hydrogen) atoms. The first kappa shape index (κ1) is 54.5. The SMILES string of the molecule is CCCCC/C=C\C/C=C\C/C=C\C/C=C\CCCCCC(=O)NCCOP(=O)(O)OCC(O)COC(=O)CCCCCCCCC/C=C\C/C=C\CCCCC. The van der Waals surface area contributed by atoms with E-state index in [1.165, 1.54) is 70.6 Å². The number of phosphoric ester groups is 1. The summed E-state index contributed by atoms with van der Waals surface area (Å²) in [6, 6.07) is 0. The molecule has 0 aromatic carbocycles. The second-order valence-electron chi connectivity index (χ2n) is 14.7. The summed E-state index contributed by atoms with van der Waals surface area (Å²) < 4.78 is 26.9. The normalized spacial score (nSPS) is 14.0. The van der Waals surface area contributed by atoms with Crippen molar-refractivity contribution in [1.82, 2.24) is 5.32 Å². The van der Waals surface area contributed by atoms with Gasteiger partial charge in [-0.1, -0.05) is 151 Å². The van der Waals surface area contributed by atoms with E-state index in [1.54, 1.807) is 0 Å². The zero-order chi connectivity index (χ0) is 41.8. The summed E-state index contributed by atoms with van der Waals surface area (Å²) in [4.78, 5) is 33.9. The number of hydrogen-bond acceptors (Lipinski definition) is 7. The molecule has 328 valence electrons. The van der Waals surface area contributed by atoms with Gasteiger partial charge in [0.2, 0.25) is 5.91 Å². The van der Waals surface area contributed by atoms with Crippen LogP contribution in [0.2, 0.25) is 0 Å². The summed E-state index contributed by atoms with van der Waals surface area (Å²) in [5, 5.41) is 12.7. The van der Waals surface area contributed by atoms with E-state index in [1.807, 2.05) is 0 Å². The van der Waals surface area contributed by atoms with Crippen molar-refractivity contribution in [2.75, 3.05) is 26.4 Å². The van der Waals surface area contributed by atoms with Crippen molar-refractivity contribution in [3.8, 4) is 0 Å². The second-order valence-corrected chi connectivity index (χ2v) is 16.1. The summed E-state index contributed by atoms with van der Waals surface area (Å²) in [6.45, 7) is 3.44. The minimum atomic E-state index is -4.43. The second kappa shape index (κ2) is 43.0. The van der Waals surface area contributed by atoms with Gasteiger partial charge in [-0.15, -0.1) is 0 Å². The first-order valence-corrected chi connectivity index (χ1v) is 23.9. The van der Waals surface area contributed by atoms with Gasteiger partial charge in [-0.25, -0.2) is 4.57 Å². The average molecular weight is 820 g/mol. The molecule has 0 saturated heterocycles. The average Bonchev–Trinajstić information content (AvgIpc) is 3.20. The standard InChI is InChI=1S/C47H82NO8P/c1-3-5-7-9-11-13-15-17-19-21-22-24-25-27-29-31-33-35-37-39-46(50)48-41-42-55-57(52,53)56-44-45(49)43-54-47(51)40-38-36-34-32-30-28-26-23-20-18-16-14-12-10-8-6-4-2/h11-14,17-20,22,24,27,29,45,49H,3-10,15-16,21,23,25-26,28,30-44H2,1-2H3,(H,48,50)(H,52,53)/b13-11-,14-12-,19-17-,20-18-,24-22-,29-27-. The topological polar surface area (TPSA) is 131 Å². The minimum absolute atomic E-state index is 0.0598. The zero-order valence-electron chi connectivity index (χ0n) is 36.0. The van der Waals surface area contributed by atoms with Crippen molar-refractivity contribution >= 4 is 19.7 Å². The van der Waals surface area contributed by atoms with Gasteiger partial charge in [-0.3, -0.25) is 18.6 Å². The number of nitrogens with one attached hydrogen (secondary N) is 1. The number of unbranched alkanes of at least 4 members (excludes halogenated alkanes) is 16. The number of rotatable bonds is 41. The van der Waals surface area contributed by atoms with Gasteiger partial charge >= 0.3 is 13.8 Å². The maximum atomic E-state index is 12.1. The molecule has 2 atom stereocenters. The Labute approximate surface area is 348 Å². The number of esters is 1. The first-order valence-electron chi connectivity index (χ1n) is 22.4. The van der Waals surface area contributed by atoms with Crippen LogP contribution in [0.3, 0.4) is 0 Å². The lowest BCUT2D eigenvalue weighted by molar-refractivity contribution is -0.147. The van der Waals surface area contributed by atoms with E-state index in [-0.39, 0.29) is 32.1 Å². The van der Waals surface area contributed by atoms with Gasteiger partial charge in [0.05, 0.1) is 13.2 Å². The number of aliphatic hydroxyl groups excluding tert-OH is 1. The van der Waals surface area contributed by atoms with Gasteiger partial charge in [0.1, 0.15) is 12.7 Å². The number of allylic oxidation sites excluding steroid dienone is 12. The number of ether oxygens (including phenoxy) is 1. The van der Waals surface area contributed by atoms with Crippen LogP contribution in [0.1, 0.15) is 181 Å². The summed E-state index contributed by atoms with van der Waals surface area (Å²) in [5.74, 6) is -0.560. The molecule has 9 nitrogen and oxygen atoms in total. The molecular formula is C47H82NO8P. The first-order chi connectivity index (χ1) is 27.8. The summed E-state index contributed by atoms with van der Waals surface area (Å²) in [7, 11) is -4.43. The number of carbonyl (C=O) groups excluding carboxylic acids is 2. The van der Waals surface area contributed by atoms with Gasteiger partial charge < -0.3 is 20.1 Å². The molecule has 0 aromatic rings. The van der Waals surface area contributed by atoms with Gasteiger partial charge in [-0.05, 0) is 89.9 Å². The smallest absolute Gasteiger partial charge is 0.463 e. The van der Waals surface area contributed by atoms with Crippen molar-refractivity contribution < 1.29 is 37.9 Å². The third-order valence-corrected chi connectivity index (χ3v) is 10.1. The highest BCUT2D eigenvalue weighted by molar-refractivity contribution is 7.47. The van der Waals surface area contributed by atoms with E-state index >= 15 is 0 Å². The predicted molar refractivity (Wildman–Crippen MR) is 238 cm³/mol. The monoisotopic (exact) mass is 820 g/mol. The highest BCUT2D eigenvalue weighted by Crippen LogP contribution is 2.42. The Kier molecular flexibility index (Phi) is 41.1. The molecule has 0 aliphatic rings. The molecule has 0 bridgehead atoms. The van der Waals surface area contributed by atoms with Gasteiger partial charge in [0, 0.05) is 19.4 Å². The van der Waals surface area contributed by atoms with Crippen LogP contribution in [0, 0.1) is 0 Å². The Bertz CT molecular complexity index is 1160. The lowest BCUT2D eigenvalue weighted by atomic mass is 10.1. The van der Waals surface area contributed by atoms with Crippen LogP contribution in [0.5, 0.6) is 0 Å². The van der Waals surface area contributed by atoms with Crippen LogP contribution in [-0.2, 0) is 27.9 Å². The molecule has 3 N–H and O–H groups in total. The fourth-order valence-corrected chi connectivity index (χ4v) is 6.44. The maximum absolute atomic E-state index is 12.1. The fraction of sp³-hybridized carbons (Fsp3) is 0.702. The van der Waals surface area contributed by atoms with Crippen LogP contribution in [0.4, 0.5) is 0 Å². The minimum Gasteiger partial charge on any atom is -0.463 e. The number of hydrogen-bond donors (Lipinski definition) is 3. The van der Waals surface area contributed by atoms with Gasteiger partial charge in [0.25, 0.3) is 0 Å². The largest absolute Gasteiger partial charge is 0.472 e. The molecule has 0 aliphatic carbocycles. The molecular weight excluding hydrogens is 737 g/mol. The number of aliphatic hydroxyl groups is 1. The Balaban J connectivity index is 3.68. The quantitative estimate of drug-likeness (QED) is 0.0240. The maximum Gasteiger partial charge on any atom is 0.472 e. The lowest BCUT2D eigenvalue weighted by Crippen LogP contribution is -2.27. The third kappa shape index (κ3) is 44.4. The Hall–Kier alpha value is -2.55. The Morgan fingerprint density at radius 1 is 0.544 bits per heavy atom. The van der Waals surface area contributed by atoms with E-state index in [2.05, 4.69) is 92.1 Å². The molecule has 0 fully saturated rings. The summed E-state index contributed by atoms with van der Waals surface area (Å²) in [5.41, 5.74) is 0. The van der Waals surface area contributed by atoms with Gasteiger partial charge in [-0.2, -0.15) is 0 Å². The molecule has 0 heterocycles. The molecule has 0 rings (SSSR count). The molecule has 0 aliphatic heterocycles. The van der Waals surface area contributed by atoms with Crippen molar-refractivity contribution in [2.45, 2.75) is 187 Å². The Morgan fingerprint density at radius 2 is 0.947 bits per heavy atom. The number of amides is 1. The zero-order valence-corrected chi connectivity index (χ0v) is 36.9. The van der Waals surface area contributed by atoms with Crippen LogP contribution >= 0.6 is 7.82 Å². The van der Waals surface area contributed by atoms with Gasteiger partial charge in [0.15, 0.2) is 0 Å². The third-order valence-electron chi connectivity index (χ3n) is 9.11. The van der Waals surface area contributed by atoms with Crippen LogP contribution < -0.4 is 5.32 Å². The number of phosphoric acid groups is 1. The Morgan fingerprint density at radius 3 is 1.44 bits per heavy atom. The summed E-state index contributed by atoms with van der Waals surface area (Å²) >= 11 is 0. The van der Waals surface area contributed by atoms with Crippen LogP contribution in [0.25, 0.3) is 0 Å². The van der Waals surface area contributed by atoms with E-state index in [9.17, 15) is 24.2 Å². The van der Waals surface area contributed by atoms with E-state index < -0.39 is 26.5 Å². The van der Waals surface area contributed by atoms with Crippen molar-refractivity contribution in [1.29, 1.82) is 0 Å². The molecule has 0 aromatic heterocycles. The molecule has 0 spiro atoms. The van der Waals surface area contributed by atoms with Crippen LogP contribution in [-0.4, -0.2) is 54.3 Å².